The van der Waals surface area contributed by atoms with Crippen LogP contribution < -0.4 is 5.56 Å². The summed E-state index contributed by atoms with van der Waals surface area (Å²) in [6.07, 6.45) is 2.96. The van der Waals surface area contributed by atoms with Crippen LogP contribution in [0.25, 0.3) is 0 Å². The fourth-order valence-corrected chi connectivity index (χ4v) is 0.720. The number of rotatable bonds is 1. The molecule has 0 aromatic carbocycles. The number of nitrogens with zero attached hydrogens (tertiary/aromatic N) is 2. The van der Waals surface area contributed by atoms with Crippen LogP contribution in [0.15, 0.2) is 16.1 Å². The molecule has 0 aliphatic carbocycles. The van der Waals surface area contributed by atoms with Gasteiger partial charge in [0.15, 0.2) is 5.16 Å². The monoisotopic (exact) mass is 345 g/mol. The van der Waals surface area contributed by atoms with E-state index in [2.05, 4.69) is 15.2 Å². The SMILES string of the molecule is CSc1nncc(=O)[nH]1.[Hg]. The summed E-state index contributed by atoms with van der Waals surface area (Å²) in [7, 11) is 0. The van der Waals surface area contributed by atoms with E-state index in [-0.39, 0.29) is 33.2 Å². The Balaban J connectivity index is 0.000000810. The molecular weight excluding hydrogens is 339 g/mol. The molecule has 0 amide bonds. The van der Waals surface area contributed by atoms with Crippen molar-refractivity contribution in [1.82, 2.24) is 15.2 Å². The van der Waals surface area contributed by atoms with Gasteiger partial charge in [0.1, 0.15) is 6.20 Å². The number of hydrogen-bond acceptors (Lipinski definition) is 4. The summed E-state index contributed by atoms with van der Waals surface area (Å²) < 4.78 is 0. The van der Waals surface area contributed by atoms with Crippen LogP contribution in [0.3, 0.4) is 0 Å². The Labute approximate surface area is 82.3 Å². The van der Waals surface area contributed by atoms with Crippen molar-refractivity contribution in [2.24, 2.45) is 0 Å². The molecule has 0 aliphatic heterocycles. The van der Waals surface area contributed by atoms with E-state index in [1.807, 2.05) is 6.26 Å². The minimum Gasteiger partial charge on any atom is -0.299 e. The summed E-state index contributed by atoms with van der Waals surface area (Å²) in [4.78, 5) is 13.0. The van der Waals surface area contributed by atoms with Crippen molar-refractivity contribution in [1.29, 1.82) is 0 Å². The summed E-state index contributed by atoms with van der Waals surface area (Å²) in [5.41, 5.74) is -0.214. The smallest absolute Gasteiger partial charge is 0.270 e. The van der Waals surface area contributed by atoms with Crippen LogP contribution in [0.5, 0.6) is 0 Å². The summed E-state index contributed by atoms with van der Waals surface area (Å²) >= 11 is 1.35. The van der Waals surface area contributed by atoms with Crippen LogP contribution in [0.4, 0.5) is 0 Å². The molecule has 4 nitrogen and oxygen atoms in total. The first kappa shape index (κ1) is 10.1. The molecule has 1 aromatic heterocycles. The Morgan fingerprint density at radius 2 is 2.40 bits per heavy atom. The fraction of sp³-hybridized carbons (Fsp3) is 0.250. The van der Waals surface area contributed by atoms with Gasteiger partial charge < -0.3 is 0 Å². The van der Waals surface area contributed by atoms with Gasteiger partial charge in [-0.25, -0.2) is 0 Å². The van der Waals surface area contributed by atoms with Crippen LogP contribution in [0.1, 0.15) is 0 Å². The molecule has 0 atom stereocenters. The zero-order chi connectivity index (χ0) is 6.69. The molecule has 0 aliphatic rings. The van der Waals surface area contributed by atoms with Crippen LogP contribution in [-0.4, -0.2) is 21.4 Å². The molecule has 6 heteroatoms. The van der Waals surface area contributed by atoms with Crippen LogP contribution in [-0.2, 0) is 27.7 Å². The number of hydrogen-bond donors (Lipinski definition) is 1. The molecule has 0 bridgehead atoms. The average Bonchev–Trinajstić information content (AvgIpc) is 1.88. The van der Waals surface area contributed by atoms with E-state index in [4.69, 9.17) is 0 Å². The number of aromatic nitrogens is 3. The van der Waals surface area contributed by atoms with Gasteiger partial charge in [0, 0.05) is 27.7 Å². The van der Waals surface area contributed by atoms with E-state index >= 15 is 0 Å². The van der Waals surface area contributed by atoms with Gasteiger partial charge >= 0.3 is 0 Å². The van der Waals surface area contributed by atoms with E-state index in [1.54, 1.807) is 0 Å². The van der Waals surface area contributed by atoms with Crippen LogP contribution >= 0.6 is 11.8 Å². The molecule has 0 saturated heterocycles. The standard InChI is InChI=1S/C4H5N3OS.Hg/c1-9-4-6-3(8)2-5-7-4;/h2H,1H3,(H,6,7,8);. The van der Waals surface area contributed by atoms with Gasteiger partial charge in [-0.3, -0.25) is 9.78 Å². The first-order valence-electron chi connectivity index (χ1n) is 2.29. The van der Waals surface area contributed by atoms with Gasteiger partial charge in [-0.2, -0.15) is 5.10 Å². The molecule has 0 unspecified atom stereocenters. The van der Waals surface area contributed by atoms with Crippen molar-refractivity contribution >= 4 is 11.8 Å². The minimum atomic E-state index is -0.214. The first-order chi connectivity index (χ1) is 4.33. The van der Waals surface area contributed by atoms with Gasteiger partial charge in [0.05, 0.1) is 0 Å². The Hall–Kier alpha value is 0.0951. The Morgan fingerprint density at radius 3 is 2.80 bits per heavy atom. The molecule has 0 saturated carbocycles. The topological polar surface area (TPSA) is 58.6 Å². The van der Waals surface area contributed by atoms with Crippen molar-refractivity contribution in [3.63, 3.8) is 0 Å². The number of H-pyrrole nitrogens is 1. The average molecular weight is 344 g/mol. The third-order valence-electron chi connectivity index (χ3n) is 0.747. The van der Waals surface area contributed by atoms with E-state index < -0.39 is 0 Å². The van der Waals surface area contributed by atoms with Crippen molar-refractivity contribution in [2.75, 3.05) is 6.26 Å². The van der Waals surface area contributed by atoms with Crippen molar-refractivity contribution in [2.45, 2.75) is 5.16 Å². The van der Waals surface area contributed by atoms with Gasteiger partial charge in [-0.15, -0.1) is 5.10 Å². The maximum atomic E-state index is 10.5. The van der Waals surface area contributed by atoms with Gasteiger partial charge in [0.2, 0.25) is 0 Å². The predicted octanol–water partition coefficient (Wildman–Crippen LogP) is -0.116. The predicted molar refractivity (Wildman–Crippen MR) is 34.4 cm³/mol. The fourth-order valence-electron chi connectivity index (χ4n) is 0.388. The Kier molecular flexibility index (Phi) is 4.89. The third-order valence-corrected chi connectivity index (χ3v) is 1.32. The summed E-state index contributed by atoms with van der Waals surface area (Å²) in [5.74, 6) is 0. The van der Waals surface area contributed by atoms with E-state index in [9.17, 15) is 4.79 Å². The molecule has 0 radical (unpaired) electrons. The molecule has 1 N–H and O–H groups in total. The maximum Gasteiger partial charge on any atom is 0.270 e. The second-order valence-corrected chi connectivity index (χ2v) is 2.14. The van der Waals surface area contributed by atoms with Gasteiger partial charge in [0.25, 0.3) is 5.56 Å². The van der Waals surface area contributed by atoms with E-state index in [0.717, 1.165) is 6.20 Å². The Bertz CT molecular complexity index is 250. The maximum absolute atomic E-state index is 10.5. The second-order valence-electron chi connectivity index (χ2n) is 1.34. The molecule has 10 heavy (non-hydrogen) atoms. The summed E-state index contributed by atoms with van der Waals surface area (Å²) in [6.45, 7) is 0. The van der Waals surface area contributed by atoms with Crippen molar-refractivity contribution in [3.8, 4) is 0 Å². The number of aromatic amines is 1. The van der Waals surface area contributed by atoms with Gasteiger partial charge in [-0.05, 0) is 6.26 Å². The zero-order valence-corrected chi connectivity index (χ0v) is 11.8. The summed E-state index contributed by atoms with van der Waals surface area (Å²) in [5, 5.41) is 7.60. The second kappa shape index (κ2) is 4.84. The molecule has 1 aromatic rings. The third kappa shape index (κ3) is 2.79. The molecule has 0 fully saturated rings. The number of thioether (sulfide) groups is 1. The van der Waals surface area contributed by atoms with E-state index in [1.165, 1.54) is 11.8 Å². The zero-order valence-electron chi connectivity index (χ0n) is 5.50. The molecular formula is C4H5HgN3OS. The molecule has 50 valence electrons. The van der Waals surface area contributed by atoms with E-state index in [0.29, 0.717) is 5.16 Å². The first-order valence-corrected chi connectivity index (χ1v) is 3.51. The Morgan fingerprint density at radius 1 is 1.70 bits per heavy atom. The minimum absolute atomic E-state index is 0. The molecule has 1 heterocycles. The molecule has 1 rings (SSSR count). The van der Waals surface area contributed by atoms with Gasteiger partial charge in [-0.1, -0.05) is 11.8 Å². The normalized spacial score (nSPS) is 8.50. The van der Waals surface area contributed by atoms with Crippen LogP contribution in [0.2, 0.25) is 0 Å². The summed E-state index contributed by atoms with van der Waals surface area (Å²) in [6, 6.07) is 0. The quantitative estimate of drug-likeness (QED) is 0.571. The number of nitrogens with one attached hydrogen (secondary N) is 1. The largest absolute Gasteiger partial charge is 0.299 e. The van der Waals surface area contributed by atoms with Crippen molar-refractivity contribution in [3.05, 3.63) is 16.6 Å². The van der Waals surface area contributed by atoms with Crippen LogP contribution in [0, 0.1) is 0 Å². The van der Waals surface area contributed by atoms with Crippen molar-refractivity contribution < 1.29 is 27.7 Å². The molecule has 0 spiro atoms.